The van der Waals surface area contributed by atoms with Crippen LogP contribution in [0.3, 0.4) is 0 Å². The molecule has 0 radical (unpaired) electrons. The van der Waals surface area contributed by atoms with E-state index in [1.807, 2.05) is 6.07 Å². The Morgan fingerprint density at radius 1 is 1.25 bits per heavy atom. The van der Waals surface area contributed by atoms with Crippen LogP contribution >= 0.6 is 0 Å². The predicted molar refractivity (Wildman–Crippen MR) is 81.3 cm³/mol. The fourth-order valence-corrected chi connectivity index (χ4v) is 3.25. The minimum Gasteiger partial charge on any atom is -0.391 e. The highest BCUT2D eigenvalue weighted by atomic mass is 16.3. The molecule has 2 atom stereocenters. The molecule has 1 aliphatic rings. The average molecular weight is 271 g/mol. The summed E-state index contributed by atoms with van der Waals surface area (Å²) in [4.78, 5) is 0. The number of hydrogen-bond acceptors (Lipinski definition) is 2. The molecule has 2 nitrogen and oxygen atoms in total. The van der Waals surface area contributed by atoms with Crippen LogP contribution in [0.1, 0.15) is 56.6 Å². The summed E-state index contributed by atoms with van der Waals surface area (Å²) in [6.07, 6.45) is 7.28. The monoisotopic (exact) mass is 271 g/mol. The topological polar surface area (TPSA) is 44.0 Å². The van der Waals surface area contributed by atoms with Crippen LogP contribution in [0.25, 0.3) is 0 Å². The van der Waals surface area contributed by atoms with Gasteiger partial charge in [-0.2, -0.15) is 5.26 Å². The molecule has 1 N–H and O–H groups in total. The van der Waals surface area contributed by atoms with E-state index >= 15 is 0 Å². The molecule has 0 saturated heterocycles. The van der Waals surface area contributed by atoms with Crippen molar-refractivity contribution < 1.29 is 5.11 Å². The van der Waals surface area contributed by atoms with Gasteiger partial charge in [0.15, 0.2) is 0 Å². The van der Waals surface area contributed by atoms with Gasteiger partial charge >= 0.3 is 0 Å². The van der Waals surface area contributed by atoms with E-state index in [2.05, 4.69) is 31.2 Å². The number of hydrogen-bond donors (Lipinski definition) is 1. The molecular weight excluding hydrogens is 246 g/mol. The van der Waals surface area contributed by atoms with Crippen LogP contribution in [0.15, 0.2) is 24.3 Å². The van der Waals surface area contributed by atoms with Crippen LogP contribution in [0.4, 0.5) is 0 Å². The second-order valence-electron chi connectivity index (χ2n) is 6.08. The molecule has 2 unspecified atom stereocenters. The van der Waals surface area contributed by atoms with Gasteiger partial charge in [-0.3, -0.25) is 0 Å². The minimum absolute atomic E-state index is 0.488. The predicted octanol–water partition coefficient (Wildman–Crippen LogP) is 4.02. The van der Waals surface area contributed by atoms with Crippen LogP contribution in [-0.4, -0.2) is 11.2 Å². The zero-order chi connectivity index (χ0) is 14.4. The summed E-state index contributed by atoms with van der Waals surface area (Å²) in [6.45, 7) is 2.19. The first-order valence-corrected chi connectivity index (χ1v) is 7.88. The van der Waals surface area contributed by atoms with Crippen molar-refractivity contribution in [2.75, 3.05) is 0 Å². The van der Waals surface area contributed by atoms with Gasteiger partial charge in [0.2, 0.25) is 0 Å². The van der Waals surface area contributed by atoms with Crippen molar-refractivity contribution >= 4 is 0 Å². The average Bonchev–Trinajstić information content (AvgIpc) is 2.50. The molecule has 108 valence electrons. The molecular formula is C18H25NO. The molecule has 1 aliphatic carbocycles. The van der Waals surface area contributed by atoms with Gasteiger partial charge in [-0.25, -0.2) is 0 Å². The van der Waals surface area contributed by atoms with Crippen molar-refractivity contribution in [3.63, 3.8) is 0 Å². The summed E-state index contributed by atoms with van der Waals surface area (Å²) in [6, 6.07) is 10.8. The number of aliphatic hydroxyl groups is 1. The Balaban J connectivity index is 2.02. The third-order valence-electron chi connectivity index (χ3n) is 4.66. The smallest absolute Gasteiger partial charge is 0.0875 e. The quantitative estimate of drug-likeness (QED) is 0.794. The van der Waals surface area contributed by atoms with E-state index < -0.39 is 11.5 Å². The SMILES string of the molecule is CCCCCCC(O)C1(C#N)CCc2ccccc2C1. The molecule has 1 aromatic rings. The van der Waals surface area contributed by atoms with Crippen LogP contribution < -0.4 is 0 Å². The first-order chi connectivity index (χ1) is 9.72. The summed E-state index contributed by atoms with van der Waals surface area (Å²) in [5.74, 6) is 0. The van der Waals surface area contributed by atoms with E-state index in [0.29, 0.717) is 6.42 Å². The molecule has 0 aliphatic heterocycles. The molecule has 0 bridgehead atoms. The van der Waals surface area contributed by atoms with Crippen LogP contribution in [0.2, 0.25) is 0 Å². The highest BCUT2D eigenvalue weighted by Crippen LogP contribution is 2.39. The third kappa shape index (κ3) is 3.22. The fourth-order valence-electron chi connectivity index (χ4n) is 3.25. The lowest BCUT2D eigenvalue weighted by Gasteiger charge is -2.36. The summed E-state index contributed by atoms with van der Waals surface area (Å²) in [5.41, 5.74) is 2.02. The van der Waals surface area contributed by atoms with Crippen LogP contribution in [-0.2, 0) is 12.8 Å². The number of fused-ring (bicyclic) bond motifs is 1. The van der Waals surface area contributed by atoms with E-state index in [1.54, 1.807) is 0 Å². The molecule has 0 spiro atoms. The maximum atomic E-state index is 10.5. The third-order valence-corrected chi connectivity index (χ3v) is 4.66. The van der Waals surface area contributed by atoms with Crippen molar-refractivity contribution in [2.24, 2.45) is 5.41 Å². The number of benzene rings is 1. The van der Waals surface area contributed by atoms with Gasteiger partial charge in [-0.15, -0.1) is 0 Å². The first kappa shape index (κ1) is 15.1. The van der Waals surface area contributed by atoms with E-state index in [4.69, 9.17) is 0 Å². The Labute approximate surface area is 122 Å². The van der Waals surface area contributed by atoms with Crippen LogP contribution in [0.5, 0.6) is 0 Å². The summed E-state index contributed by atoms with van der Waals surface area (Å²) in [5, 5.41) is 20.2. The molecule has 0 heterocycles. The van der Waals surface area contributed by atoms with Crippen molar-refractivity contribution in [3.8, 4) is 6.07 Å². The lowest BCUT2D eigenvalue weighted by atomic mass is 9.68. The van der Waals surface area contributed by atoms with Gasteiger partial charge in [-0.1, -0.05) is 56.9 Å². The number of nitrogens with zero attached hydrogens (tertiary/aromatic N) is 1. The Morgan fingerprint density at radius 2 is 2.00 bits per heavy atom. The van der Waals surface area contributed by atoms with Gasteiger partial charge in [0.05, 0.1) is 17.6 Å². The lowest BCUT2D eigenvalue weighted by molar-refractivity contribution is 0.0443. The molecule has 0 saturated carbocycles. The molecule has 1 aromatic carbocycles. The zero-order valence-corrected chi connectivity index (χ0v) is 12.4. The van der Waals surface area contributed by atoms with Gasteiger partial charge in [0, 0.05) is 0 Å². The van der Waals surface area contributed by atoms with Crippen molar-refractivity contribution in [1.82, 2.24) is 0 Å². The summed E-state index contributed by atoms with van der Waals surface area (Å²) < 4.78 is 0. The maximum Gasteiger partial charge on any atom is 0.0875 e. The number of nitriles is 1. The van der Waals surface area contributed by atoms with E-state index in [1.165, 1.54) is 24.0 Å². The maximum absolute atomic E-state index is 10.5. The van der Waals surface area contributed by atoms with Gasteiger partial charge in [0.1, 0.15) is 0 Å². The molecule has 2 heteroatoms. The number of rotatable bonds is 6. The largest absolute Gasteiger partial charge is 0.391 e. The zero-order valence-electron chi connectivity index (χ0n) is 12.4. The van der Waals surface area contributed by atoms with E-state index in [0.717, 1.165) is 32.1 Å². The highest BCUT2D eigenvalue weighted by Gasteiger charge is 2.40. The molecule has 20 heavy (non-hydrogen) atoms. The minimum atomic E-state index is -0.569. The fraction of sp³-hybridized carbons (Fsp3) is 0.611. The number of aryl methyl sites for hydroxylation is 1. The Kier molecular flexibility index (Phi) is 5.20. The van der Waals surface area contributed by atoms with Gasteiger partial charge in [0.25, 0.3) is 0 Å². The second-order valence-corrected chi connectivity index (χ2v) is 6.08. The molecule has 2 rings (SSSR count). The summed E-state index contributed by atoms with van der Waals surface area (Å²) >= 11 is 0. The Morgan fingerprint density at radius 3 is 2.70 bits per heavy atom. The molecule has 0 amide bonds. The standard InChI is InChI=1S/C18H25NO/c1-2-3-4-5-10-17(20)18(14-19)12-11-15-8-6-7-9-16(15)13-18/h6-9,17,20H,2-5,10-13H2,1H3. The lowest BCUT2D eigenvalue weighted by Crippen LogP contribution is -2.39. The normalized spacial score (nSPS) is 22.9. The second kappa shape index (κ2) is 6.90. The number of aliphatic hydroxyl groups excluding tert-OH is 1. The van der Waals surface area contributed by atoms with Crippen molar-refractivity contribution in [2.45, 2.75) is 64.4 Å². The van der Waals surface area contributed by atoms with Gasteiger partial charge in [-0.05, 0) is 36.8 Å². The molecule has 0 aromatic heterocycles. The van der Waals surface area contributed by atoms with Crippen LogP contribution in [0, 0.1) is 16.7 Å². The Hall–Kier alpha value is -1.33. The number of unbranched alkanes of at least 4 members (excludes halogenated alkanes) is 3. The van der Waals surface area contributed by atoms with Gasteiger partial charge < -0.3 is 5.11 Å². The summed E-state index contributed by atoms with van der Waals surface area (Å²) in [7, 11) is 0. The van der Waals surface area contributed by atoms with E-state index in [9.17, 15) is 10.4 Å². The highest BCUT2D eigenvalue weighted by molar-refractivity contribution is 5.33. The van der Waals surface area contributed by atoms with Crippen molar-refractivity contribution in [1.29, 1.82) is 5.26 Å². The van der Waals surface area contributed by atoms with E-state index in [-0.39, 0.29) is 0 Å². The first-order valence-electron chi connectivity index (χ1n) is 7.88. The van der Waals surface area contributed by atoms with Crippen molar-refractivity contribution in [3.05, 3.63) is 35.4 Å². The molecule has 0 fully saturated rings. The Bertz CT molecular complexity index is 477.